The molecule has 0 amide bonds. The van der Waals surface area contributed by atoms with Gasteiger partial charge in [0.15, 0.2) is 5.78 Å². The Bertz CT molecular complexity index is 807. The fraction of sp³-hybridized carbons (Fsp3) is 0.500. The van der Waals surface area contributed by atoms with Crippen LogP contribution >= 0.6 is 0 Å². The van der Waals surface area contributed by atoms with Gasteiger partial charge >= 0.3 is 0 Å². The Labute approximate surface area is 200 Å². The Balaban J connectivity index is 1.17. The van der Waals surface area contributed by atoms with Crippen molar-refractivity contribution in [3.8, 4) is 5.75 Å². The molecule has 33 heavy (non-hydrogen) atoms. The summed E-state index contributed by atoms with van der Waals surface area (Å²) in [6.07, 6.45) is 18.3. The quantitative estimate of drug-likeness (QED) is 0.160. The molecular formula is C30H41NO2. The van der Waals surface area contributed by atoms with Gasteiger partial charge in [-0.1, -0.05) is 93.5 Å². The number of likely N-dealkylation sites (tertiary alicyclic amines) is 1. The maximum atomic E-state index is 12.1. The molecule has 2 aromatic rings. The van der Waals surface area contributed by atoms with Crippen LogP contribution in [0.15, 0.2) is 60.7 Å². The number of ether oxygens (including phenoxy) is 1. The van der Waals surface area contributed by atoms with Gasteiger partial charge < -0.3 is 9.64 Å². The van der Waals surface area contributed by atoms with Gasteiger partial charge in [-0.2, -0.15) is 0 Å². The van der Waals surface area contributed by atoms with Gasteiger partial charge in [0.25, 0.3) is 0 Å². The third-order valence-electron chi connectivity index (χ3n) is 6.45. The molecule has 0 spiro atoms. The van der Waals surface area contributed by atoms with Gasteiger partial charge in [-0.15, -0.1) is 0 Å². The molecule has 3 nitrogen and oxygen atoms in total. The number of allylic oxidation sites excluding steroid dienone is 1. The summed E-state index contributed by atoms with van der Waals surface area (Å²) in [6.45, 7) is 4.76. The van der Waals surface area contributed by atoms with Crippen LogP contribution in [0.5, 0.6) is 5.75 Å². The fourth-order valence-electron chi connectivity index (χ4n) is 4.42. The van der Waals surface area contributed by atoms with Crippen molar-refractivity contribution in [2.75, 3.05) is 26.2 Å². The van der Waals surface area contributed by atoms with Gasteiger partial charge in [0, 0.05) is 5.56 Å². The Hall–Kier alpha value is -2.39. The minimum atomic E-state index is 0.0216. The van der Waals surface area contributed by atoms with Crippen molar-refractivity contribution in [1.82, 2.24) is 4.90 Å². The van der Waals surface area contributed by atoms with E-state index in [0.29, 0.717) is 5.56 Å². The summed E-state index contributed by atoms with van der Waals surface area (Å²) < 4.78 is 5.88. The molecule has 0 atom stereocenters. The minimum absolute atomic E-state index is 0.0216. The maximum Gasteiger partial charge on any atom is 0.185 e. The van der Waals surface area contributed by atoms with Crippen molar-refractivity contribution in [2.45, 2.75) is 70.6 Å². The summed E-state index contributed by atoms with van der Waals surface area (Å²) in [5.41, 5.74) is 1.71. The molecule has 0 bridgehead atoms. The SMILES string of the molecule is O=C(/C=C/c1ccc(OCCCCCCCCCCN2CCCCC2)cc1)c1ccccc1. The van der Waals surface area contributed by atoms with E-state index in [0.717, 1.165) is 24.3 Å². The molecule has 0 saturated carbocycles. The molecule has 0 aromatic heterocycles. The molecule has 0 N–H and O–H groups in total. The van der Waals surface area contributed by atoms with Gasteiger partial charge in [0.05, 0.1) is 6.61 Å². The van der Waals surface area contributed by atoms with Gasteiger partial charge in [-0.3, -0.25) is 4.79 Å². The van der Waals surface area contributed by atoms with Gasteiger partial charge in [0.1, 0.15) is 5.75 Å². The monoisotopic (exact) mass is 447 g/mol. The second-order valence-electron chi connectivity index (χ2n) is 9.21. The van der Waals surface area contributed by atoms with E-state index >= 15 is 0 Å². The zero-order chi connectivity index (χ0) is 23.0. The van der Waals surface area contributed by atoms with E-state index in [4.69, 9.17) is 4.74 Å². The highest BCUT2D eigenvalue weighted by Crippen LogP contribution is 2.16. The number of hydrogen-bond donors (Lipinski definition) is 0. The van der Waals surface area contributed by atoms with Crippen LogP contribution in [0.2, 0.25) is 0 Å². The number of rotatable bonds is 15. The number of carbonyl (C=O) groups is 1. The van der Waals surface area contributed by atoms with Crippen LogP contribution in [0.4, 0.5) is 0 Å². The Morgan fingerprint density at radius 1 is 0.758 bits per heavy atom. The molecule has 1 aliphatic heterocycles. The van der Waals surface area contributed by atoms with Gasteiger partial charge in [-0.05, 0) is 69.1 Å². The molecule has 1 saturated heterocycles. The topological polar surface area (TPSA) is 29.5 Å². The lowest BCUT2D eigenvalue weighted by molar-refractivity contribution is 0.104. The molecular weight excluding hydrogens is 406 g/mol. The van der Waals surface area contributed by atoms with Crippen LogP contribution in [0, 0.1) is 0 Å². The van der Waals surface area contributed by atoms with E-state index in [1.165, 1.54) is 83.8 Å². The zero-order valence-electron chi connectivity index (χ0n) is 20.2. The number of carbonyl (C=O) groups excluding carboxylic acids is 1. The Kier molecular flexibility index (Phi) is 11.8. The number of hydrogen-bond acceptors (Lipinski definition) is 3. The van der Waals surface area contributed by atoms with Crippen LogP contribution < -0.4 is 4.74 Å². The van der Waals surface area contributed by atoms with E-state index in [1.807, 2.05) is 60.7 Å². The second-order valence-corrected chi connectivity index (χ2v) is 9.21. The summed E-state index contributed by atoms with van der Waals surface area (Å²) in [4.78, 5) is 14.8. The fourth-order valence-corrected chi connectivity index (χ4v) is 4.42. The van der Waals surface area contributed by atoms with Crippen LogP contribution in [-0.2, 0) is 0 Å². The molecule has 1 aliphatic rings. The molecule has 3 rings (SSSR count). The van der Waals surface area contributed by atoms with Crippen LogP contribution in [-0.4, -0.2) is 36.9 Å². The lowest BCUT2D eigenvalue weighted by Crippen LogP contribution is -2.30. The average molecular weight is 448 g/mol. The minimum Gasteiger partial charge on any atom is -0.494 e. The molecule has 0 radical (unpaired) electrons. The zero-order valence-corrected chi connectivity index (χ0v) is 20.2. The smallest absolute Gasteiger partial charge is 0.185 e. The van der Waals surface area contributed by atoms with Crippen molar-refractivity contribution < 1.29 is 9.53 Å². The first-order valence-corrected chi connectivity index (χ1v) is 13.0. The van der Waals surface area contributed by atoms with Gasteiger partial charge in [-0.25, -0.2) is 0 Å². The number of benzene rings is 2. The summed E-state index contributed by atoms with van der Waals surface area (Å²) in [7, 11) is 0. The molecule has 0 aliphatic carbocycles. The summed E-state index contributed by atoms with van der Waals surface area (Å²) in [6, 6.07) is 17.3. The largest absolute Gasteiger partial charge is 0.494 e. The lowest BCUT2D eigenvalue weighted by atomic mass is 10.1. The number of nitrogens with zero attached hydrogens (tertiary/aromatic N) is 1. The highest BCUT2D eigenvalue weighted by molar-refractivity contribution is 6.06. The maximum absolute atomic E-state index is 12.1. The predicted molar refractivity (Wildman–Crippen MR) is 139 cm³/mol. The third-order valence-corrected chi connectivity index (χ3v) is 6.45. The average Bonchev–Trinajstić information content (AvgIpc) is 2.87. The number of unbranched alkanes of at least 4 members (excludes halogenated alkanes) is 7. The van der Waals surface area contributed by atoms with Crippen molar-refractivity contribution in [1.29, 1.82) is 0 Å². The Morgan fingerprint density at radius 3 is 2.09 bits per heavy atom. The van der Waals surface area contributed by atoms with E-state index in [-0.39, 0.29) is 5.78 Å². The molecule has 178 valence electrons. The van der Waals surface area contributed by atoms with E-state index in [9.17, 15) is 4.79 Å². The highest BCUT2D eigenvalue weighted by Gasteiger charge is 2.08. The Morgan fingerprint density at radius 2 is 1.39 bits per heavy atom. The van der Waals surface area contributed by atoms with Crippen LogP contribution in [0.25, 0.3) is 6.08 Å². The molecule has 3 heteroatoms. The first-order valence-electron chi connectivity index (χ1n) is 13.0. The summed E-state index contributed by atoms with van der Waals surface area (Å²) >= 11 is 0. The third kappa shape index (κ3) is 10.4. The first kappa shape index (κ1) is 25.2. The predicted octanol–water partition coefficient (Wildman–Crippen LogP) is 7.57. The molecule has 1 heterocycles. The number of piperidine rings is 1. The highest BCUT2D eigenvalue weighted by atomic mass is 16.5. The molecule has 2 aromatic carbocycles. The lowest BCUT2D eigenvalue weighted by Gasteiger charge is -2.26. The van der Waals surface area contributed by atoms with E-state index < -0.39 is 0 Å². The summed E-state index contributed by atoms with van der Waals surface area (Å²) in [5, 5.41) is 0. The molecule has 1 fully saturated rings. The van der Waals surface area contributed by atoms with E-state index in [1.54, 1.807) is 6.08 Å². The normalized spacial score (nSPS) is 14.5. The van der Waals surface area contributed by atoms with Crippen molar-refractivity contribution in [2.24, 2.45) is 0 Å². The van der Waals surface area contributed by atoms with Crippen molar-refractivity contribution >= 4 is 11.9 Å². The molecule has 0 unspecified atom stereocenters. The van der Waals surface area contributed by atoms with Gasteiger partial charge in [0.2, 0.25) is 0 Å². The second kappa shape index (κ2) is 15.4. The van der Waals surface area contributed by atoms with Crippen LogP contribution in [0.1, 0.15) is 86.6 Å². The van der Waals surface area contributed by atoms with Crippen molar-refractivity contribution in [3.63, 3.8) is 0 Å². The van der Waals surface area contributed by atoms with E-state index in [2.05, 4.69) is 4.90 Å². The first-order chi connectivity index (χ1) is 16.3. The van der Waals surface area contributed by atoms with Crippen LogP contribution in [0.3, 0.4) is 0 Å². The standard InChI is InChI=1S/C30H41NO2/c32-30(28-15-9-7-10-16-28)22-19-27-17-20-29(21-18-27)33-26-14-6-4-2-1-3-5-11-23-31-24-12-8-13-25-31/h7,9-10,15-22H,1-6,8,11-14,23-26H2/b22-19+. The number of ketones is 1. The summed E-state index contributed by atoms with van der Waals surface area (Å²) in [5.74, 6) is 0.920. The van der Waals surface area contributed by atoms with Crippen molar-refractivity contribution in [3.05, 3.63) is 71.8 Å².